The van der Waals surface area contributed by atoms with Crippen molar-refractivity contribution in [3.05, 3.63) is 70.8 Å². The summed E-state index contributed by atoms with van der Waals surface area (Å²) >= 11 is 0. The first-order chi connectivity index (χ1) is 10.9. The van der Waals surface area contributed by atoms with Crippen LogP contribution < -0.4 is 11.1 Å². The molecule has 1 amide bonds. The van der Waals surface area contributed by atoms with Crippen LogP contribution in [0.1, 0.15) is 33.1 Å². The number of carbonyl (C=O) groups excluding carboxylic acids is 1. The number of amidine groups is 1. The average molecular weight is 311 g/mol. The van der Waals surface area contributed by atoms with E-state index in [1.165, 1.54) is 12.1 Å². The molecule has 6 nitrogen and oxygen atoms in total. The van der Waals surface area contributed by atoms with Crippen molar-refractivity contribution >= 4 is 17.7 Å². The lowest BCUT2D eigenvalue weighted by Crippen LogP contribution is -2.34. The summed E-state index contributed by atoms with van der Waals surface area (Å²) in [5.41, 5.74) is 7.45. The smallest absolute Gasteiger partial charge is 0.330 e. The van der Waals surface area contributed by atoms with Crippen LogP contribution in [0, 0.1) is 12.3 Å². The molecule has 0 radical (unpaired) electrons. The largest absolute Gasteiger partial charge is 0.479 e. The van der Waals surface area contributed by atoms with E-state index in [1.807, 2.05) is 13.0 Å². The molecule has 0 aliphatic rings. The molecular formula is C17H17N3O3. The van der Waals surface area contributed by atoms with Crippen molar-refractivity contribution < 1.29 is 14.7 Å². The van der Waals surface area contributed by atoms with Crippen LogP contribution in [0.3, 0.4) is 0 Å². The Morgan fingerprint density at radius 2 is 1.78 bits per heavy atom. The molecule has 0 spiro atoms. The summed E-state index contributed by atoms with van der Waals surface area (Å²) in [6, 6.07) is 12.0. The molecule has 118 valence electrons. The van der Waals surface area contributed by atoms with Crippen LogP contribution in [0.25, 0.3) is 0 Å². The maximum atomic E-state index is 12.3. The van der Waals surface area contributed by atoms with E-state index in [0.717, 1.165) is 5.56 Å². The van der Waals surface area contributed by atoms with Crippen LogP contribution in [-0.2, 0) is 4.79 Å². The third-order valence-corrected chi connectivity index (χ3v) is 3.33. The van der Waals surface area contributed by atoms with Crippen molar-refractivity contribution in [2.45, 2.75) is 13.0 Å². The van der Waals surface area contributed by atoms with Gasteiger partial charge in [0.05, 0.1) is 0 Å². The Bertz CT molecular complexity index is 771. The molecule has 23 heavy (non-hydrogen) atoms. The summed E-state index contributed by atoms with van der Waals surface area (Å²) in [4.78, 5) is 23.8. The van der Waals surface area contributed by atoms with Gasteiger partial charge in [0.25, 0.3) is 5.91 Å². The number of aryl methyl sites for hydroxylation is 1. The van der Waals surface area contributed by atoms with Gasteiger partial charge in [0.2, 0.25) is 0 Å². The van der Waals surface area contributed by atoms with E-state index in [0.29, 0.717) is 11.1 Å². The zero-order valence-electron chi connectivity index (χ0n) is 12.5. The average Bonchev–Trinajstić information content (AvgIpc) is 2.52. The number of carboxylic acid groups (broad SMARTS) is 1. The minimum atomic E-state index is -1.15. The topological polar surface area (TPSA) is 116 Å². The lowest BCUT2D eigenvalue weighted by Gasteiger charge is -2.16. The van der Waals surface area contributed by atoms with Gasteiger partial charge in [-0.1, -0.05) is 42.0 Å². The van der Waals surface area contributed by atoms with Crippen LogP contribution in [0.4, 0.5) is 0 Å². The maximum Gasteiger partial charge on any atom is 0.330 e. The highest BCUT2D eigenvalue weighted by Crippen LogP contribution is 2.16. The number of nitrogens with two attached hydrogens (primary N) is 1. The molecule has 0 saturated carbocycles. The monoisotopic (exact) mass is 311 g/mol. The molecule has 2 aromatic rings. The van der Waals surface area contributed by atoms with Crippen molar-refractivity contribution in [1.82, 2.24) is 5.32 Å². The number of carbonyl (C=O) groups is 2. The third-order valence-electron chi connectivity index (χ3n) is 3.33. The number of amides is 1. The highest BCUT2D eigenvalue weighted by molar-refractivity contribution is 6.01. The van der Waals surface area contributed by atoms with E-state index in [1.54, 1.807) is 30.3 Å². The Labute approximate surface area is 133 Å². The van der Waals surface area contributed by atoms with E-state index in [4.69, 9.17) is 11.1 Å². The van der Waals surface area contributed by atoms with Crippen LogP contribution in [-0.4, -0.2) is 22.8 Å². The summed E-state index contributed by atoms with van der Waals surface area (Å²) in [7, 11) is 0. The lowest BCUT2D eigenvalue weighted by molar-refractivity contribution is -0.139. The highest BCUT2D eigenvalue weighted by atomic mass is 16.4. The molecule has 1 unspecified atom stereocenters. The third kappa shape index (κ3) is 3.94. The Morgan fingerprint density at radius 1 is 1.13 bits per heavy atom. The van der Waals surface area contributed by atoms with Crippen LogP contribution in [0.15, 0.2) is 48.5 Å². The maximum absolute atomic E-state index is 12.3. The summed E-state index contributed by atoms with van der Waals surface area (Å²) < 4.78 is 0. The molecule has 1 atom stereocenters. The quantitative estimate of drug-likeness (QED) is 0.498. The van der Waals surface area contributed by atoms with Crippen molar-refractivity contribution in [3.8, 4) is 0 Å². The Morgan fingerprint density at radius 3 is 2.39 bits per heavy atom. The number of carboxylic acids is 1. The van der Waals surface area contributed by atoms with Gasteiger partial charge in [-0.05, 0) is 24.6 Å². The van der Waals surface area contributed by atoms with Gasteiger partial charge in [-0.2, -0.15) is 0 Å². The first-order valence-corrected chi connectivity index (χ1v) is 6.93. The van der Waals surface area contributed by atoms with Gasteiger partial charge in [-0.25, -0.2) is 4.79 Å². The SMILES string of the molecule is Cc1cccc(C(NC(=O)c2cccc(C(=N)N)c2)C(=O)O)c1. The minimum absolute atomic E-state index is 0.159. The van der Waals surface area contributed by atoms with Gasteiger partial charge in [-0.15, -0.1) is 0 Å². The van der Waals surface area contributed by atoms with Crippen molar-refractivity contribution in [3.63, 3.8) is 0 Å². The zero-order chi connectivity index (χ0) is 17.0. The molecule has 2 rings (SSSR count). The molecule has 5 N–H and O–H groups in total. The van der Waals surface area contributed by atoms with E-state index >= 15 is 0 Å². The second-order valence-corrected chi connectivity index (χ2v) is 5.15. The van der Waals surface area contributed by atoms with E-state index in [9.17, 15) is 14.7 Å². The summed E-state index contributed by atoms with van der Waals surface area (Å²) in [6.07, 6.45) is 0. The number of hydrogen-bond acceptors (Lipinski definition) is 3. The van der Waals surface area contributed by atoms with Crippen LogP contribution >= 0.6 is 0 Å². The number of benzene rings is 2. The van der Waals surface area contributed by atoms with Gasteiger partial charge >= 0.3 is 5.97 Å². The zero-order valence-corrected chi connectivity index (χ0v) is 12.5. The number of nitrogens with one attached hydrogen (secondary N) is 2. The fraction of sp³-hybridized carbons (Fsp3) is 0.118. The van der Waals surface area contributed by atoms with E-state index in [-0.39, 0.29) is 11.4 Å². The summed E-state index contributed by atoms with van der Waals surface area (Å²) in [6.45, 7) is 1.85. The predicted octanol–water partition coefficient (Wildman–Crippen LogP) is 1.83. The Kier molecular flexibility index (Phi) is 4.75. The molecule has 0 fully saturated rings. The second kappa shape index (κ2) is 6.74. The van der Waals surface area contributed by atoms with Gasteiger partial charge in [0.1, 0.15) is 5.84 Å². The predicted molar refractivity (Wildman–Crippen MR) is 86.5 cm³/mol. The van der Waals surface area contributed by atoms with E-state index < -0.39 is 17.9 Å². The van der Waals surface area contributed by atoms with Crippen molar-refractivity contribution in [2.24, 2.45) is 5.73 Å². The van der Waals surface area contributed by atoms with Gasteiger partial charge < -0.3 is 16.2 Å². The second-order valence-electron chi connectivity index (χ2n) is 5.15. The molecule has 0 aliphatic carbocycles. The molecule has 2 aromatic carbocycles. The first-order valence-electron chi connectivity index (χ1n) is 6.93. The Balaban J connectivity index is 2.27. The number of aliphatic carboxylic acids is 1. The molecule has 0 heterocycles. The molecule has 0 aliphatic heterocycles. The normalized spacial score (nSPS) is 11.5. The standard InChI is InChI=1S/C17H17N3O3/c1-10-4-2-5-11(8-10)14(17(22)23)20-16(21)13-7-3-6-12(9-13)15(18)19/h2-9,14H,1H3,(H3,18,19)(H,20,21)(H,22,23). The minimum Gasteiger partial charge on any atom is -0.479 e. The molecule has 0 aromatic heterocycles. The summed E-state index contributed by atoms with van der Waals surface area (Å²) in [5.74, 6) is -1.85. The van der Waals surface area contributed by atoms with Gasteiger partial charge in [0.15, 0.2) is 6.04 Å². The lowest BCUT2D eigenvalue weighted by atomic mass is 10.0. The fourth-order valence-electron chi connectivity index (χ4n) is 2.18. The molecule has 0 bridgehead atoms. The molecule has 0 saturated heterocycles. The number of hydrogen-bond donors (Lipinski definition) is 4. The highest BCUT2D eigenvalue weighted by Gasteiger charge is 2.22. The van der Waals surface area contributed by atoms with E-state index in [2.05, 4.69) is 5.32 Å². The summed E-state index contributed by atoms with van der Waals surface area (Å²) in [5, 5.41) is 19.3. The molecular weight excluding hydrogens is 294 g/mol. The Hall–Kier alpha value is -3.15. The van der Waals surface area contributed by atoms with Crippen LogP contribution in [0.5, 0.6) is 0 Å². The fourth-order valence-corrected chi connectivity index (χ4v) is 2.18. The van der Waals surface area contributed by atoms with Crippen molar-refractivity contribution in [2.75, 3.05) is 0 Å². The first kappa shape index (κ1) is 16.2. The van der Waals surface area contributed by atoms with Crippen LogP contribution in [0.2, 0.25) is 0 Å². The van der Waals surface area contributed by atoms with Gasteiger partial charge in [0, 0.05) is 11.1 Å². The molecule has 6 heteroatoms. The van der Waals surface area contributed by atoms with Crippen molar-refractivity contribution in [1.29, 1.82) is 5.41 Å². The van der Waals surface area contributed by atoms with Gasteiger partial charge in [-0.3, -0.25) is 10.2 Å². The number of rotatable bonds is 5. The number of nitrogen functional groups attached to an aromatic ring is 1.